The zero-order chi connectivity index (χ0) is 15.9. The predicted octanol–water partition coefficient (Wildman–Crippen LogP) is 2.98. The van der Waals surface area contributed by atoms with E-state index in [0.717, 1.165) is 11.4 Å². The van der Waals surface area contributed by atoms with Gasteiger partial charge in [-0.25, -0.2) is 9.37 Å². The molecule has 0 fully saturated rings. The van der Waals surface area contributed by atoms with Crippen LogP contribution >= 0.6 is 0 Å². The van der Waals surface area contributed by atoms with Crippen LogP contribution in [0.5, 0.6) is 0 Å². The van der Waals surface area contributed by atoms with E-state index in [-0.39, 0.29) is 5.91 Å². The van der Waals surface area contributed by atoms with Crippen LogP contribution in [0, 0.1) is 19.7 Å². The normalized spacial score (nSPS) is 10.9. The molecule has 22 heavy (non-hydrogen) atoms. The second-order valence-electron chi connectivity index (χ2n) is 5.18. The van der Waals surface area contributed by atoms with Crippen LogP contribution in [-0.4, -0.2) is 20.7 Å². The Hall–Kier alpha value is -2.76. The molecule has 0 saturated heterocycles. The smallest absolute Gasteiger partial charge is 0.256 e. The minimum absolute atomic E-state index is 0.308. The number of carbonyl (C=O) groups is 1. The molecule has 1 aromatic carbocycles. The van der Waals surface area contributed by atoms with Gasteiger partial charge in [-0.05, 0) is 38.1 Å². The number of carbonyl (C=O) groups excluding carboxylic acids is 1. The van der Waals surface area contributed by atoms with E-state index < -0.39 is 5.82 Å². The molecule has 0 aliphatic rings. The molecule has 0 aliphatic heterocycles. The van der Waals surface area contributed by atoms with Gasteiger partial charge in [-0.3, -0.25) is 9.48 Å². The zero-order valence-corrected chi connectivity index (χ0v) is 12.5. The molecule has 0 atom stereocenters. The number of rotatable bonds is 2. The van der Waals surface area contributed by atoms with Crippen molar-refractivity contribution < 1.29 is 9.18 Å². The number of pyridine rings is 1. The molecular formula is C16H15FN4O. The van der Waals surface area contributed by atoms with Gasteiger partial charge in [0.05, 0.1) is 16.6 Å². The van der Waals surface area contributed by atoms with E-state index in [9.17, 15) is 9.18 Å². The van der Waals surface area contributed by atoms with Gasteiger partial charge in [0.15, 0.2) is 5.65 Å². The molecule has 6 heteroatoms. The SMILES string of the molecule is Cc1cc(C(=O)Nc2cccc(F)c2)c2c(C)nn(C)c2n1. The molecular weight excluding hydrogens is 283 g/mol. The van der Waals surface area contributed by atoms with E-state index in [0.29, 0.717) is 22.3 Å². The molecule has 3 rings (SSSR count). The Kier molecular flexibility index (Phi) is 3.36. The van der Waals surface area contributed by atoms with Crippen molar-refractivity contribution in [2.45, 2.75) is 13.8 Å². The lowest BCUT2D eigenvalue weighted by atomic mass is 10.1. The van der Waals surface area contributed by atoms with Gasteiger partial charge in [-0.2, -0.15) is 5.10 Å². The molecule has 0 saturated carbocycles. The van der Waals surface area contributed by atoms with Gasteiger partial charge in [-0.1, -0.05) is 6.07 Å². The second kappa shape index (κ2) is 5.22. The number of anilines is 1. The van der Waals surface area contributed by atoms with E-state index in [1.807, 2.05) is 13.8 Å². The number of amides is 1. The van der Waals surface area contributed by atoms with Crippen LogP contribution in [0.2, 0.25) is 0 Å². The molecule has 1 N–H and O–H groups in total. The maximum Gasteiger partial charge on any atom is 0.256 e. The summed E-state index contributed by atoms with van der Waals surface area (Å²) in [5, 5.41) is 7.73. The third-order valence-electron chi connectivity index (χ3n) is 3.42. The Labute approximate surface area is 126 Å². The fourth-order valence-corrected chi connectivity index (χ4v) is 2.51. The molecule has 0 unspecified atom stereocenters. The first kappa shape index (κ1) is 14.2. The highest BCUT2D eigenvalue weighted by Crippen LogP contribution is 2.22. The van der Waals surface area contributed by atoms with Gasteiger partial charge in [0, 0.05) is 18.4 Å². The summed E-state index contributed by atoms with van der Waals surface area (Å²) in [6.45, 7) is 3.65. The quantitative estimate of drug-likeness (QED) is 0.791. The highest BCUT2D eigenvalue weighted by atomic mass is 19.1. The van der Waals surface area contributed by atoms with Crippen molar-refractivity contribution in [2.24, 2.45) is 7.05 Å². The first-order valence-corrected chi connectivity index (χ1v) is 6.83. The Morgan fingerprint density at radius 1 is 1.27 bits per heavy atom. The average Bonchev–Trinajstić information content (AvgIpc) is 2.73. The molecule has 112 valence electrons. The highest BCUT2D eigenvalue weighted by Gasteiger charge is 2.17. The van der Waals surface area contributed by atoms with Crippen LogP contribution in [0.4, 0.5) is 10.1 Å². The number of aryl methyl sites for hydroxylation is 3. The van der Waals surface area contributed by atoms with Crippen LogP contribution in [0.25, 0.3) is 11.0 Å². The highest BCUT2D eigenvalue weighted by molar-refractivity contribution is 6.12. The van der Waals surface area contributed by atoms with Crippen LogP contribution in [-0.2, 0) is 7.05 Å². The van der Waals surface area contributed by atoms with Gasteiger partial charge in [-0.15, -0.1) is 0 Å². The summed E-state index contributed by atoms with van der Waals surface area (Å²) in [5.74, 6) is -0.705. The molecule has 0 radical (unpaired) electrons. The second-order valence-corrected chi connectivity index (χ2v) is 5.18. The maximum atomic E-state index is 13.2. The van der Waals surface area contributed by atoms with Crippen LogP contribution in [0.15, 0.2) is 30.3 Å². The molecule has 1 amide bonds. The maximum absolute atomic E-state index is 13.2. The summed E-state index contributed by atoms with van der Waals surface area (Å²) in [4.78, 5) is 17.0. The molecule has 3 aromatic rings. The van der Waals surface area contributed by atoms with Gasteiger partial charge in [0.2, 0.25) is 0 Å². The Bertz CT molecular complexity index is 885. The monoisotopic (exact) mass is 298 g/mol. The molecule has 0 spiro atoms. The molecule has 5 nitrogen and oxygen atoms in total. The fourth-order valence-electron chi connectivity index (χ4n) is 2.51. The standard InChI is InChI=1S/C16H15FN4O/c1-9-7-13(14-10(2)20-21(3)15(14)18-9)16(22)19-12-6-4-5-11(17)8-12/h4-8H,1-3H3,(H,19,22). The summed E-state index contributed by atoms with van der Waals surface area (Å²) in [5.41, 5.74) is 3.00. The Morgan fingerprint density at radius 3 is 2.77 bits per heavy atom. The number of fused-ring (bicyclic) bond motifs is 1. The Morgan fingerprint density at radius 2 is 2.05 bits per heavy atom. The lowest BCUT2D eigenvalue weighted by molar-refractivity contribution is 0.102. The van der Waals surface area contributed by atoms with Gasteiger partial charge in [0.1, 0.15) is 5.82 Å². The number of nitrogens with zero attached hydrogens (tertiary/aromatic N) is 3. The minimum Gasteiger partial charge on any atom is -0.322 e. The van der Waals surface area contributed by atoms with E-state index in [2.05, 4.69) is 15.4 Å². The van der Waals surface area contributed by atoms with Crippen LogP contribution in [0.1, 0.15) is 21.7 Å². The predicted molar refractivity (Wildman–Crippen MR) is 82.3 cm³/mol. The van der Waals surface area contributed by atoms with Crippen molar-refractivity contribution in [1.29, 1.82) is 0 Å². The number of nitrogens with one attached hydrogen (secondary N) is 1. The minimum atomic E-state index is -0.397. The van der Waals surface area contributed by atoms with E-state index in [1.165, 1.54) is 12.1 Å². The van der Waals surface area contributed by atoms with Crippen molar-refractivity contribution in [3.05, 3.63) is 53.1 Å². The zero-order valence-electron chi connectivity index (χ0n) is 12.5. The first-order valence-electron chi connectivity index (χ1n) is 6.83. The van der Waals surface area contributed by atoms with Crippen molar-refractivity contribution in [2.75, 3.05) is 5.32 Å². The largest absolute Gasteiger partial charge is 0.322 e. The Balaban J connectivity index is 2.07. The van der Waals surface area contributed by atoms with Crippen LogP contribution < -0.4 is 5.32 Å². The topological polar surface area (TPSA) is 59.8 Å². The summed E-state index contributed by atoms with van der Waals surface area (Å²) >= 11 is 0. The van der Waals surface area contributed by atoms with Gasteiger partial charge in [0.25, 0.3) is 5.91 Å². The number of hydrogen-bond acceptors (Lipinski definition) is 3. The third kappa shape index (κ3) is 2.43. The van der Waals surface area contributed by atoms with Crippen molar-refractivity contribution >= 4 is 22.6 Å². The van der Waals surface area contributed by atoms with Crippen molar-refractivity contribution in [1.82, 2.24) is 14.8 Å². The van der Waals surface area contributed by atoms with Gasteiger partial charge >= 0.3 is 0 Å². The first-order chi connectivity index (χ1) is 10.5. The summed E-state index contributed by atoms with van der Waals surface area (Å²) in [7, 11) is 1.79. The number of aromatic nitrogens is 3. The molecule has 2 heterocycles. The van der Waals surface area contributed by atoms with E-state index >= 15 is 0 Å². The lowest BCUT2D eigenvalue weighted by Gasteiger charge is -2.08. The van der Waals surface area contributed by atoms with Crippen LogP contribution in [0.3, 0.4) is 0 Å². The number of hydrogen-bond donors (Lipinski definition) is 1. The van der Waals surface area contributed by atoms with Crippen molar-refractivity contribution in [3.63, 3.8) is 0 Å². The number of halogens is 1. The van der Waals surface area contributed by atoms with E-state index in [1.54, 1.807) is 29.9 Å². The molecule has 0 aliphatic carbocycles. The number of benzene rings is 1. The third-order valence-corrected chi connectivity index (χ3v) is 3.42. The van der Waals surface area contributed by atoms with E-state index in [4.69, 9.17) is 0 Å². The fraction of sp³-hybridized carbons (Fsp3) is 0.188. The average molecular weight is 298 g/mol. The molecule has 0 bridgehead atoms. The molecule has 2 aromatic heterocycles. The summed E-state index contributed by atoms with van der Waals surface area (Å²) in [6.07, 6.45) is 0. The van der Waals surface area contributed by atoms with Crippen molar-refractivity contribution in [3.8, 4) is 0 Å². The summed E-state index contributed by atoms with van der Waals surface area (Å²) < 4.78 is 14.9. The lowest BCUT2D eigenvalue weighted by Crippen LogP contribution is -2.13. The van der Waals surface area contributed by atoms with Gasteiger partial charge < -0.3 is 5.32 Å². The summed E-state index contributed by atoms with van der Waals surface area (Å²) in [6, 6.07) is 7.51.